The number of hydrogen-bond acceptors (Lipinski definition) is 1. The highest BCUT2D eigenvalue weighted by atomic mass is 79.9. The van der Waals surface area contributed by atoms with Crippen molar-refractivity contribution in [2.75, 3.05) is 6.54 Å². The Labute approximate surface area is 123 Å². The van der Waals surface area contributed by atoms with E-state index in [1.54, 1.807) is 6.07 Å². The molecule has 1 N–H and O–H groups in total. The minimum absolute atomic E-state index is 0.381. The number of hydrogen-bond donors (Lipinski definition) is 1. The highest BCUT2D eigenvalue weighted by molar-refractivity contribution is 9.10. The Morgan fingerprint density at radius 2 is 1.80 bits per heavy atom. The van der Waals surface area contributed by atoms with E-state index in [0.29, 0.717) is 22.1 Å². The zero-order valence-electron chi connectivity index (χ0n) is 10.8. The molecular weight excluding hydrogens is 331 g/mol. The topological polar surface area (TPSA) is 12.0 Å². The largest absolute Gasteiger partial charge is 0.306 e. The number of nitrogens with one attached hydrogen (secondary N) is 1. The van der Waals surface area contributed by atoms with Gasteiger partial charge in [-0.1, -0.05) is 28.9 Å². The second-order valence-corrected chi connectivity index (χ2v) is 5.18. The van der Waals surface area contributed by atoms with Crippen molar-refractivity contribution in [3.05, 3.63) is 69.4 Å². The molecule has 0 aliphatic heterocycles. The maximum atomic E-state index is 13.4. The Morgan fingerprint density at radius 3 is 2.45 bits per heavy atom. The van der Waals surface area contributed by atoms with Crippen LogP contribution in [-0.4, -0.2) is 6.54 Å². The van der Waals surface area contributed by atoms with Crippen molar-refractivity contribution < 1.29 is 13.2 Å². The molecule has 0 amide bonds. The summed E-state index contributed by atoms with van der Waals surface area (Å²) in [5, 5.41) is 3.14. The Morgan fingerprint density at radius 1 is 1.05 bits per heavy atom. The smallest absolute Gasteiger partial charge is 0.159 e. The van der Waals surface area contributed by atoms with Crippen LogP contribution in [-0.2, 0) is 0 Å². The molecule has 1 nitrogen and oxygen atoms in total. The molecule has 0 fully saturated rings. The van der Waals surface area contributed by atoms with Gasteiger partial charge in [0.05, 0.1) is 6.04 Å². The standard InChI is InChI=1S/C15H13BrF3N/c1-2-20-15(9-3-6-13(18)14(19)7-9)11-8-10(17)4-5-12(11)16/h3-8,15,20H,2H2,1H3. The molecule has 2 aromatic carbocycles. The van der Waals surface area contributed by atoms with Crippen molar-refractivity contribution in [3.63, 3.8) is 0 Å². The highest BCUT2D eigenvalue weighted by Crippen LogP contribution is 2.30. The minimum atomic E-state index is -0.919. The van der Waals surface area contributed by atoms with E-state index in [-0.39, 0.29) is 5.82 Å². The third-order valence-electron chi connectivity index (χ3n) is 2.95. The molecule has 20 heavy (non-hydrogen) atoms. The molecule has 0 aliphatic rings. The summed E-state index contributed by atoms with van der Waals surface area (Å²) >= 11 is 3.36. The summed E-state index contributed by atoms with van der Waals surface area (Å²) in [5.41, 5.74) is 1.18. The van der Waals surface area contributed by atoms with Crippen molar-refractivity contribution in [3.8, 4) is 0 Å². The van der Waals surface area contributed by atoms with E-state index in [1.165, 1.54) is 18.2 Å². The molecule has 0 saturated carbocycles. The Balaban J connectivity index is 2.49. The Hall–Kier alpha value is -1.33. The average molecular weight is 344 g/mol. The van der Waals surface area contributed by atoms with Crippen LogP contribution in [0.2, 0.25) is 0 Å². The predicted octanol–water partition coefficient (Wildman–Crippen LogP) is 4.57. The molecule has 0 bridgehead atoms. The summed E-state index contributed by atoms with van der Waals surface area (Å²) < 4.78 is 40.5. The van der Waals surface area contributed by atoms with Gasteiger partial charge >= 0.3 is 0 Å². The van der Waals surface area contributed by atoms with Crippen LogP contribution in [0, 0.1) is 17.5 Å². The van der Waals surface area contributed by atoms with Gasteiger partial charge in [-0.15, -0.1) is 0 Å². The zero-order chi connectivity index (χ0) is 14.7. The summed E-state index contributed by atoms with van der Waals surface area (Å²) in [6.07, 6.45) is 0. The first-order valence-corrected chi connectivity index (χ1v) is 6.95. The van der Waals surface area contributed by atoms with Gasteiger partial charge in [-0.25, -0.2) is 13.2 Å². The molecule has 2 aromatic rings. The lowest BCUT2D eigenvalue weighted by atomic mass is 9.98. The van der Waals surface area contributed by atoms with Crippen molar-refractivity contribution in [2.24, 2.45) is 0 Å². The van der Waals surface area contributed by atoms with Crippen LogP contribution in [0.25, 0.3) is 0 Å². The first-order chi connectivity index (χ1) is 9.52. The van der Waals surface area contributed by atoms with Crippen molar-refractivity contribution in [1.82, 2.24) is 5.32 Å². The maximum absolute atomic E-state index is 13.4. The molecule has 106 valence electrons. The van der Waals surface area contributed by atoms with E-state index in [2.05, 4.69) is 21.2 Å². The maximum Gasteiger partial charge on any atom is 0.159 e. The van der Waals surface area contributed by atoms with Gasteiger partial charge in [0.2, 0.25) is 0 Å². The van der Waals surface area contributed by atoms with E-state index >= 15 is 0 Å². The molecule has 1 unspecified atom stereocenters. The van der Waals surface area contributed by atoms with Crippen LogP contribution in [0.15, 0.2) is 40.9 Å². The third-order valence-corrected chi connectivity index (χ3v) is 3.68. The van der Waals surface area contributed by atoms with Crippen molar-refractivity contribution in [1.29, 1.82) is 0 Å². The van der Waals surface area contributed by atoms with Crippen LogP contribution in [0.5, 0.6) is 0 Å². The first-order valence-electron chi connectivity index (χ1n) is 6.16. The lowest BCUT2D eigenvalue weighted by Gasteiger charge is -2.20. The predicted molar refractivity (Wildman–Crippen MR) is 76.0 cm³/mol. The van der Waals surface area contributed by atoms with Crippen molar-refractivity contribution >= 4 is 15.9 Å². The van der Waals surface area contributed by atoms with E-state index in [0.717, 1.165) is 12.1 Å². The SMILES string of the molecule is CCNC(c1ccc(F)c(F)c1)c1cc(F)ccc1Br. The molecule has 0 heterocycles. The fourth-order valence-electron chi connectivity index (χ4n) is 2.04. The van der Waals surface area contributed by atoms with Gasteiger partial charge in [0.1, 0.15) is 5.82 Å². The summed E-state index contributed by atoms with van der Waals surface area (Å²) in [6.45, 7) is 2.49. The normalized spacial score (nSPS) is 12.4. The first kappa shape index (κ1) is 15.1. The summed E-state index contributed by atoms with van der Waals surface area (Å²) in [7, 11) is 0. The Kier molecular flexibility index (Phi) is 4.83. The third kappa shape index (κ3) is 3.22. The van der Waals surface area contributed by atoms with Crippen molar-refractivity contribution in [2.45, 2.75) is 13.0 Å². The molecule has 0 spiro atoms. The van der Waals surface area contributed by atoms with Crippen LogP contribution in [0.3, 0.4) is 0 Å². The van der Waals surface area contributed by atoms with E-state index in [1.807, 2.05) is 6.92 Å². The summed E-state index contributed by atoms with van der Waals surface area (Å²) in [4.78, 5) is 0. The van der Waals surface area contributed by atoms with E-state index in [9.17, 15) is 13.2 Å². The van der Waals surface area contributed by atoms with E-state index in [4.69, 9.17) is 0 Å². The van der Waals surface area contributed by atoms with Crippen LogP contribution < -0.4 is 5.32 Å². The second kappa shape index (κ2) is 6.41. The number of halogens is 4. The van der Waals surface area contributed by atoms with Gasteiger partial charge in [0, 0.05) is 4.47 Å². The van der Waals surface area contributed by atoms with Gasteiger partial charge in [-0.05, 0) is 48.0 Å². The van der Waals surface area contributed by atoms with Gasteiger partial charge in [-0.2, -0.15) is 0 Å². The molecular formula is C15H13BrF3N. The monoisotopic (exact) mass is 343 g/mol. The molecule has 5 heteroatoms. The Bertz CT molecular complexity index is 616. The summed E-state index contributed by atoms with van der Waals surface area (Å²) in [6, 6.07) is 7.57. The summed E-state index contributed by atoms with van der Waals surface area (Å²) in [5.74, 6) is -2.20. The van der Waals surface area contributed by atoms with Gasteiger partial charge < -0.3 is 5.32 Å². The van der Waals surface area contributed by atoms with Gasteiger partial charge in [0.15, 0.2) is 11.6 Å². The lowest BCUT2D eigenvalue weighted by molar-refractivity contribution is 0.503. The van der Waals surface area contributed by atoms with Crippen LogP contribution >= 0.6 is 15.9 Å². The minimum Gasteiger partial charge on any atom is -0.306 e. The van der Waals surface area contributed by atoms with Crippen LogP contribution in [0.4, 0.5) is 13.2 Å². The van der Waals surface area contributed by atoms with Gasteiger partial charge in [0.25, 0.3) is 0 Å². The fourth-order valence-corrected chi connectivity index (χ4v) is 2.51. The number of benzene rings is 2. The average Bonchev–Trinajstić information content (AvgIpc) is 2.42. The van der Waals surface area contributed by atoms with E-state index < -0.39 is 17.7 Å². The molecule has 1 atom stereocenters. The molecule has 2 rings (SSSR count). The van der Waals surface area contributed by atoms with Crippen LogP contribution in [0.1, 0.15) is 24.1 Å². The molecule has 0 aliphatic carbocycles. The molecule has 0 radical (unpaired) electrons. The number of rotatable bonds is 4. The molecule has 0 aromatic heterocycles. The quantitative estimate of drug-likeness (QED) is 0.857. The lowest BCUT2D eigenvalue weighted by Crippen LogP contribution is -2.22. The zero-order valence-corrected chi connectivity index (χ0v) is 12.3. The highest BCUT2D eigenvalue weighted by Gasteiger charge is 2.18. The fraction of sp³-hybridized carbons (Fsp3) is 0.200. The van der Waals surface area contributed by atoms with Gasteiger partial charge in [-0.3, -0.25) is 0 Å². The second-order valence-electron chi connectivity index (χ2n) is 4.33. The molecule has 0 saturated heterocycles.